The van der Waals surface area contributed by atoms with Crippen LogP contribution in [0.1, 0.15) is 49.3 Å². The van der Waals surface area contributed by atoms with Crippen molar-refractivity contribution in [2.75, 3.05) is 13.1 Å². The number of carbonyl (C=O) groups is 1. The molecule has 1 aliphatic rings. The minimum Gasteiger partial charge on any atom is -0.336 e. The van der Waals surface area contributed by atoms with Crippen LogP contribution in [0.3, 0.4) is 0 Å². The van der Waals surface area contributed by atoms with Crippen molar-refractivity contribution < 1.29 is 4.79 Å². The largest absolute Gasteiger partial charge is 0.336 e. The summed E-state index contributed by atoms with van der Waals surface area (Å²) in [6.45, 7) is 3.42. The molecule has 1 heterocycles. The average Bonchev–Trinajstić information content (AvgIpc) is 2.64. The van der Waals surface area contributed by atoms with E-state index in [0.29, 0.717) is 13.0 Å². The molecule has 19 heavy (non-hydrogen) atoms. The molecule has 0 spiro atoms. The second kappa shape index (κ2) is 6.71. The lowest BCUT2D eigenvalue weighted by molar-refractivity contribution is -0.133. The Hall–Kier alpha value is -1.35. The molecule has 1 saturated heterocycles. The first-order chi connectivity index (χ1) is 9.22. The van der Waals surface area contributed by atoms with Crippen molar-refractivity contribution in [3.05, 3.63) is 35.4 Å². The van der Waals surface area contributed by atoms with Gasteiger partial charge in [0.05, 0.1) is 6.04 Å². The molecule has 2 N–H and O–H groups in total. The number of hydrogen-bond acceptors (Lipinski definition) is 2. The van der Waals surface area contributed by atoms with Crippen LogP contribution in [0.25, 0.3) is 0 Å². The molecule has 1 amide bonds. The van der Waals surface area contributed by atoms with Gasteiger partial charge in [0, 0.05) is 19.5 Å². The molecule has 104 valence electrons. The van der Waals surface area contributed by atoms with Gasteiger partial charge in [-0.15, -0.1) is 0 Å². The van der Waals surface area contributed by atoms with Gasteiger partial charge in [-0.3, -0.25) is 4.79 Å². The SMILES string of the molecule is Cc1cccc(C2CCCCCN2C(=O)CCN)c1. The summed E-state index contributed by atoms with van der Waals surface area (Å²) in [5, 5.41) is 0. The van der Waals surface area contributed by atoms with Crippen molar-refractivity contribution in [3.8, 4) is 0 Å². The molecule has 0 saturated carbocycles. The summed E-state index contributed by atoms with van der Waals surface area (Å²) in [4.78, 5) is 14.3. The number of nitrogens with two attached hydrogens (primary N) is 1. The number of carbonyl (C=O) groups excluding carboxylic acids is 1. The van der Waals surface area contributed by atoms with Crippen LogP contribution < -0.4 is 5.73 Å². The average molecular weight is 260 g/mol. The maximum atomic E-state index is 12.3. The standard InChI is InChI=1S/C16H24N2O/c1-13-6-5-7-14(12-13)15-8-3-2-4-11-18(15)16(19)9-10-17/h5-7,12,15H,2-4,8-11,17H2,1H3. The lowest BCUT2D eigenvalue weighted by atomic mass is 9.99. The van der Waals surface area contributed by atoms with E-state index >= 15 is 0 Å². The Kier molecular flexibility index (Phi) is 4.97. The first-order valence-electron chi connectivity index (χ1n) is 7.28. The summed E-state index contributed by atoms with van der Waals surface area (Å²) in [5.74, 6) is 0.205. The molecule has 1 aromatic rings. The maximum Gasteiger partial charge on any atom is 0.224 e. The van der Waals surface area contributed by atoms with Gasteiger partial charge in [-0.2, -0.15) is 0 Å². The molecular formula is C16H24N2O. The van der Waals surface area contributed by atoms with E-state index in [-0.39, 0.29) is 11.9 Å². The Morgan fingerprint density at radius 1 is 1.37 bits per heavy atom. The van der Waals surface area contributed by atoms with Crippen LogP contribution in [-0.2, 0) is 4.79 Å². The molecule has 1 aromatic carbocycles. The van der Waals surface area contributed by atoms with Gasteiger partial charge in [-0.05, 0) is 25.3 Å². The minimum absolute atomic E-state index is 0.205. The molecule has 3 nitrogen and oxygen atoms in total. The molecule has 1 unspecified atom stereocenters. The number of nitrogens with zero attached hydrogens (tertiary/aromatic N) is 1. The number of amides is 1. The van der Waals surface area contributed by atoms with E-state index < -0.39 is 0 Å². The molecule has 1 fully saturated rings. The summed E-state index contributed by atoms with van der Waals surface area (Å²) in [7, 11) is 0. The molecule has 0 aromatic heterocycles. The van der Waals surface area contributed by atoms with E-state index in [2.05, 4.69) is 36.1 Å². The van der Waals surface area contributed by atoms with Gasteiger partial charge in [0.25, 0.3) is 0 Å². The van der Waals surface area contributed by atoms with E-state index in [1.54, 1.807) is 0 Å². The van der Waals surface area contributed by atoms with Crippen LogP contribution in [0.4, 0.5) is 0 Å². The molecule has 1 atom stereocenters. The zero-order valence-corrected chi connectivity index (χ0v) is 11.8. The van der Waals surface area contributed by atoms with Crippen molar-refractivity contribution in [1.29, 1.82) is 0 Å². The number of aryl methyl sites for hydroxylation is 1. The summed E-state index contributed by atoms with van der Waals surface area (Å²) in [6.07, 6.45) is 5.06. The van der Waals surface area contributed by atoms with Gasteiger partial charge in [0.1, 0.15) is 0 Å². The van der Waals surface area contributed by atoms with Gasteiger partial charge >= 0.3 is 0 Å². The number of benzene rings is 1. The Bertz CT molecular complexity index is 431. The number of likely N-dealkylation sites (tertiary alicyclic amines) is 1. The minimum atomic E-state index is 0.205. The third kappa shape index (κ3) is 3.57. The molecular weight excluding hydrogens is 236 g/mol. The third-order valence-corrected chi connectivity index (χ3v) is 3.86. The lowest BCUT2D eigenvalue weighted by Crippen LogP contribution is -2.35. The monoisotopic (exact) mass is 260 g/mol. The molecule has 1 aliphatic heterocycles. The van der Waals surface area contributed by atoms with Crippen molar-refractivity contribution in [3.63, 3.8) is 0 Å². The van der Waals surface area contributed by atoms with Crippen LogP contribution in [0.15, 0.2) is 24.3 Å². The van der Waals surface area contributed by atoms with Gasteiger partial charge in [-0.1, -0.05) is 42.7 Å². The normalized spacial score (nSPS) is 20.1. The van der Waals surface area contributed by atoms with E-state index in [0.717, 1.165) is 19.4 Å². The topological polar surface area (TPSA) is 46.3 Å². The van der Waals surface area contributed by atoms with Crippen LogP contribution >= 0.6 is 0 Å². The van der Waals surface area contributed by atoms with E-state index in [1.807, 2.05) is 0 Å². The first-order valence-corrected chi connectivity index (χ1v) is 7.28. The highest BCUT2D eigenvalue weighted by molar-refractivity contribution is 5.77. The zero-order chi connectivity index (χ0) is 13.7. The fourth-order valence-electron chi connectivity index (χ4n) is 2.90. The fourth-order valence-corrected chi connectivity index (χ4v) is 2.90. The van der Waals surface area contributed by atoms with Crippen molar-refractivity contribution >= 4 is 5.91 Å². The molecule has 0 bridgehead atoms. The second-order valence-corrected chi connectivity index (χ2v) is 5.41. The summed E-state index contributed by atoms with van der Waals surface area (Å²) in [6, 6.07) is 8.78. The van der Waals surface area contributed by atoms with Crippen molar-refractivity contribution in [2.45, 2.75) is 45.1 Å². The molecule has 0 radical (unpaired) electrons. The molecule has 3 heteroatoms. The van der Waals surface area contributed by atoms with E-state index in [9.17, 15) is 4.79 Å². The Morgan fingerprint density at radius 3 is 2.95 bits per heavy atom. The predicted molar refractivity (Wildman–Crippen MR) is 77.8 cm³/mol. The number of rotatable bonds is 3. The quantitative estimate of drug-likeness (QED) is 0.908. The molecule has 2 rings (SSSR count). The van der Waals surface area contributed by atoms with Crippen LogP contribution in [-0.4, -0.2) is 23.9 Å². The lowest BCUT2D eigenvalue weighted by Gasteiger charge is -2.30. The highest BCUT2D eigenvalue weighted by Crippen LogP contribution is 2.30. The Labute approximate surface area is 115 Å². The van der Waals surface area contributed by atoms with Crippen LogP contribution in [0.5, 0.6) is 0 Å². The Balaban J connectivity index is 2.24. The smallest absolute Gasteiger partial charge is 0.224 e. The van der Waals surface area contributed by atoms with E-state index in [1.165, 1.54) is 24.0 Å². The van der Waals surface area contributed by atoms with Crippen molar-refractivity contribution in [1.82, 2.24) is 4.90 Å². The number of hydrogen-bond donors (Lipinski definition) is 1. The summed E-state index contributed by atoms with van der Waals surface area (Å²) < 4.78 is 0. The first kappa shape index (κ1) is 14.1. The fraction of sp³-hybridized carbons (Fsp3) is 0.562. The van der Waals surface area contributed by atoms with Gasteiger partial charge < -0.3 is 10.6 Å². The van der Waals surface area contributed by atoms with Crippen LogP contribution in [0, 0.1) is 6.92 Å². The van der Waals surface area contributed by atoms with E-state index in [4.69, 9.17) is 5.73 Å². The highest BCUT2D eigenvalue weighted by atomic mass is 16.2. The van der Waals surface area contributed by atoms with Gasteiger partial charge in [0.15, 0.2) is 0 Å². The summed E-state index contributed by atoms with van der Waals surface area (Å²) in [5.41, 5.74) is 8.06. The third-order valence-electron chi connectivity index (χ3n) is 3.86. The zero-order valence-electron chi connectivity index (χ0n) is 11.8. The molecule has 0 aliphatic carbocycles. The van der Waals surface area contributed by atoms with Gasteiger partial charge in [0.2, 0.25) is 5.91 Å². The second-order valence-electron chi connectivity index (χ2n) is 5.41. The van der Waals surface area contributed by atoms with Crippen molar-refractivity contribution in [2.24, 2.45) is 5.73 Å². The summed E-state index contributed by atoms with van der Waals surface area (Å²) >= 11 is 0. The maximum absolute atomic E-state index is 12.3. The van der Waals surface area contributed by atoms with Gasteiger partial charge in [-0.25, -0.2) is 0 Å². The van der Waals surface area contributed by atoms with Crippen LogP contribution in [0.2, 0.25) is 0 Å². The highest BCUT2D eigenvalue weighted by Gasteiger charge is 2.26. The Morgan fingerprint density at radius 2 is 2.21 bits per heavy atom. The predicted octanol–water partition coefficient (Wildman–Crippen LogP) is 2.79.